The highest BCUT2D eigenvalue weighted by Crippen LogP contribution is 2.31. The van der Waals surface area contributed by atoms with E-state index in [1.165, 1.54) is 6.07 Å². The summed E-state index contributed by atoms with van der Waals surface area (Å²) in [4.78, 5) is 29.8. The summed E-state index contributed by atoms with van der Waals surface area (Å²) in [6, 6.07) is 10.1. The van der Waals surface area contributed by atoms with Gasteiger partial charge < -0.3 is 9.73 Å². The zero-order valence-corrected chi connectivity index (χ0v) is 17.2. The number of likely N-dealkylation sites (tertiary alicyclic amines) is 1. The summed E-state index contributed by atoms with van der Waals surface area (Å²) >= 11 is 6.01. The van der Waals surface area contributed by atoms with Crippen molar-refractivity contribution >= 4 is 40.0 Å². The van der Waals surface area contributed by atoms with Crippen LogP contribution in [0.2, 0.25) is 5.02 Å². The average molecular weight is 429 g/mol. The molecule has 1 N–H and O–H groups in total. The molecular weight excluding hydrogens is 408 g/mol. The van der Waals surface area contributed by atoms with Gasteiger partial charge in [0, 0.05) is 17.0 Å². The van der Waals surface area contributed by atoms with Gasteiger partial charge in [0.05, 0.1) is 11.5 Å². The Hall–Kier alpha value is -2.97. The molecule has 30 heavy (non-hydrogen) atoms. The number of hydrogen-bond donors (Lipinski definition) is 1. The molecule has 0 radical (unpaired) electrons. The van der Waals surface area contributed by atoms with Crippen LogP contribution in [0.1, 0.15) is 30.2 Å². The normalized spacial score (nSPS) is 15.4. The Kier molecular flexibility index (Phi) is 5.69. The van der Waals surface area contributed by atoms with Crippen LogP contribution in [0, 0.1) is 17.0 Å². The summed E-state index contributed by atoms with van der Waals surface area (Å²) < 4.78 is 5.87. The van der Waals surface area contributed by atoms with Crippen LogP contribution in [0.15, 0.2) is 40.8 Å². The topological polar surface area (TPSA) is 102 Å². The number of benzene rings is 2. The van der Waals surface area contributed by atoms with Crippen molar-refractivity contribution in [2.45, 2.75) is 25.7 Å². The van der Waals surface area contributed by atoms with Crippen LogP contribution >= 0.6 is 11.6 Å². The first-order valence-corrected chi connectivity index (χ1v) is 10.1. The van der Waals surface area contributed by atoms with Crippen molar-refractivity contribution in [2.24, 2.45) is 0 Å². The fourth-order valence-corrected chi connectivity index (χ4v) is 3.89. The number of anilines is 1. The third-order valence-corrected chi connectivity index (χ3v) is 5.53. The van der Waals surface area contributed by atoms with E-state index in [1.807, 2.05) is 11.0 Å². The number of hydrogen-bond acceptors (Lipinski definition) is 6. The van der Waals surface area contributed by atoms with Gasteiger partial charge in [-0.15, -0.1) is 0 Å². The SMILES string of the molecule is Cc1ccc(NC(=O)CN2CCC(c3nc4cc(Cl)ccc4o3)CC2)c([N+](=O)[O-])c1. The molecule has 4 rings (SSSR count). The number of halogens is 1. The number of fused-ring (bicyclic) bond motifs is 1. The number of amides is 1. The van der Waals surface area contributed by atoms with E-state index in [4.69, 9.17) is 16.0 Å². The van der Waals surface area contributed by atoms with Gasteiger partial charge in [-0.05, 0) is 62.7 Å². The van der Waals surface area contributed by atoms with Crippen molar-refractivity contribution in [3.05, 3.63) is 63.0 Å². The average Bonchev–Trinajstić information content (AvgIpc) is 3.13. The number of nitro groups is 1. The van der Waals surface area contributed by atoms with E-state index in [0.717, 1.165) is 29.5 Å². The van der Waals surface area contributed by atoms with E-state index in [9.17, 15) is 14.9 Å². The number of carbonyl (C=O) groups excluding carboxylic acids is 1. The zero-order chi connectivity index (χ0) is 21.3. The lowest BCUT2D eigenvalue weighted by molar-refractivity contribution is -0.384. The Morgan fingerprint density at radius 2 is 2.07 bits per heavy atom. The molecule has 3 aromatic rings. The maximum absolute atomic E-state index is 12.4. The molecule has 2 aromatic carbocycles. The first-order chi connectivity index (χ1) is 14.4. The van der Waals surface area contributed by atoms with Crippen LogP contribution in [0.25, 0.3) is 11.1 Å². The summed E-state index contributed by atoms with van der Waals surface area (Å²) in [5, 5.41) is 14.5. The van der Waals surface area contributed by atoms with Gasteiger partial charge in [-0.25, -0.2) is 4.98 Å². The van der Waals surface area contributed by atoms with Crippen LogP contribution in [0.5, 0.6) is 0 Å². The molecule has 8 nitrogen and oxygen atoms in total. The van der Waals surface area contributed by atoms with Gasteiger partial charge >= 0.3 is 0 Å². The Morgan fingerprint density at radius 3 is 2.80 bits per heavy atom. The number of piperidine rings is 1. The molecule has 2 heterocycles. The standard InChI is InChI=1S/C21H21ClN4O4/c1-13-2-4-16(18(10-13)26(28)29)23-20(27)12-25-8-6-14(7-9-25)21-24-17-11-15(22)3-5-19(17)30-21/h2-5,10-11,14H,6-9,12H2,1H3,(H,23,27). The molecule has 0 saturated carbocycles. The van der Waals surface area contributed by atoms with Crippen LogP contribution in [-0.2, 0) is 4.79 Å². The Bertz CT molecular complexity index is 1110. The number of nitrogens with one attached hydrogen (secondary N) is 1. The van der Waals surface area contributed by atoms with Gasteiger partial charge in [-0.2, -0.15) is 0 Å². The Balaban J connectivity index is 1.34. The molecule has 0 bridgehead atoms. The lowest BCUT2D eigenvalue weighted by Crippen LogP contribution is -2.38. The van der Waals surface area contributed by atoms with Gasteiger partial charge in [-0.1, -0.05) is 17.7 Å². The van der Waals surface area contributed by atoms with E-state index in [-0.39, 0.29) is 29.7 Å². The number of nitrogens with zero attached hydrogens (tertiary/aromatic N) is 3. The zero-order valence-electron chi connectivity index (χ0n) is 16.4. The maximum Gasteiger partial charge on any atom is 0.293 e. The summed E-state index contributed by atoms with van der Waals surface area (Å²) in [5.74, 6) is 0.622. The third kappa shape index (κ3) is 4.44. The van der Waals surface area contributed by atoms with E-state index in [0.29, 0.717) is 24.0 Å². The highest BCUT2D eigenvalue weighted by atomic mass is 35.5. The quantitative estimate of drug-likeness (QED) is 0.473. The van der Waals surface area contributed by atoms with Crippen molar-refractivity contribution < 1.29 is 14.1 Å². The summed E-state index contributed by atoms with van der Waals surface area (Å²) in [6.45, 7) is 3.39. The minimum Gasteiger partial charge on any atom is -0.440 e. The fraction of sp³-hybridized carbons (Fsp3) is 0.333. The predicted molar refractivity (Wildman–Crippen MR) is 114 cm³/mol. The van der Waals surface area contributed by atoms with E-state index in [2.05, 4.69) is 10.3 Å². The molecule has 0 unspecified atom stereocenters. The number of oxazole rings is 1. The second kappa shape index (κ2) is 8.41. The number of aromatic nitrogens is 1. The highest BCUT2D eigenvalue weighted by Gasteiger charge is 2.26. The summed E-state index contributed by atoms with van der Waals surface area (Å²) in [5.41, 5.74) is 2.35. The summed E-state index contributed by atoms with van der Waals surface area (Å²) in [6.07, 6.45) is 1.64. The van der Waals surface area contributed by atoms with Gasteiger partial charge in [0.1, 0.15) is 11.2 Å². The molecule has 1 saturated heterocycles. The lowest BCUT2D eigenvalue weighted by atomic mass is 9.97. The van der Waals surface area contributed by atoms with Crippen LogP contribution in [0.4, 0.5) is 11.4 Å². The Morgan fingerprint density at radius 1 is 1.30 bits per heavy atom. The Labute approximate surface area is 178 Å². The second-order valence-corrected chi connectivity index (χ2v) is 7.98. The molecule has 1 aliphatic heterocycles. The van der Waals surface area contributed by atoms with Gasteiger partial charge in [0.25, 0.3) is 5.69 Å². The van der Waals surface area contributed by atoms with Crippen LogP contribution in [-0.4, -0.2) is 40.3 Å². The van der Waals surface area contributed by atoms with Gasteiger partial charge in [0.2, 0.25) is 5.91 Å². The number of aryl methyl sites for hydroxylation is 1. The maximum atomic E-state index is 12.4. The highest BCUT2D eigenvalue weighted by molar-refractivity contribution is 6.31. The monoisotopic (exact) mass is 428 g/mol. The molecular formula is C21H21ClN4O4. The van der Waals surface area contributed by atoms with Gasteiger partial charge in [-0.3, -0.25) is 19.8 Å². The van der Waals surface area contributed by atoms with Crippen molar-refractivity contribution in [3.8, 4) is 0 Å². The number of nitro benzene ring substituents is 1. The molecule has 0 atom stereocenters. The van der Waals surface area contributed by atoms with Gasteiger partial charge in [0.15, 0.2) is 11.5 Å². The molecule has 0 aliphatic carbocycles. The number of rotatable bonds is 5. The van der Waals surface area contributed by atoms with Crippen molar-refractivity contribution in [3.63, 3.8) is 0 Å². The van der Waals surface area contributed by atoms with E-state index in [1.54, 1.807) is 31.2 Å². The van der Waals surface area contributed by atoms with Crippen molar-refractivity contribution in [1.29, 1.82) is 0 Å². The molecule has 1 aromatic heterocycles. The van der Waals surface area contributed by atoms with Crippen LogP contribution in [0.3, 0.4) is 0 Å². The molecule has 1 fully saturated rings. The third-order valence-electron chi connectivity index (χ3n) is 5.29. The van der Waals surface area contributed by atoms with Crippen molar-refractivity contribution in [1.82, 2.24) is 9.88 Å². The van der Waals surface area contributed by atoms with E-state index >= 15 is 0 Å². The lowest BCUT2D eigenvalue weighted by Gasteiger charge is -2.29. The smallest absolute Gasteiger partial charge is 0.293 e. The minimum atomic E-state index is -0.485. The largest absolute Gasteiger partial charge is 0.440 e. The summed E-state index contributed by atoms with van der Waals surface area (Å²) in [7, 11) is 0. The first kappa shape index (κ1) is 20.3. The fourth-order valence-electron chi connectivity index (χ4n) is 3.72. The minimum absolute atomic E-state index is 0.0990. The van der Waals surface area contributed by atoms with E-state index < -0.39 is 4.92 Å². The molecule has 156 valence electrons. The second-order valence-electron chi connectivity index (χ2n) is 7.54. The molecule has 9 heteroatoms. The predicted octanol–water partition coefficient (Wildman–Crippen LogP) is 4.52. The molecule has 1 aliphatic rings. The van der Waals surface area contributed by atoms with Crippen molar-refractivity contribution in [2.75, 3.05) is 25.0 Å². The molecule has 1 amide bonds. The first-order valence-electron chi connectivity index (χ1n) is 9.72. The van der Waals surface area contributed by atoms with Crippen LogP contribution < -0.4 is 5.32 Å². The molecule has 0 spiro atoms. The number of carbonyl (C=O) groups is 1.